The van der Waals surface area contributed by atoms with Crippen LogP contribution in [-0.4, -0.2) is 23.6 Å². The SMILES string of the molecule is Cc1cc(/C(O)=C2\C(=O)C(=O)N(c3ccc4c(c3)OCO4)C2c2ccc(C(C)C)cc2)ccc1F. The lowest BCUT2D eigenvalue weighted by atomic mass is 9.92. The number of Topliss-reactive ketones (excluding diaryl/α,β-unsaturated/α-hetero) is 1. The van der Waals surface area contributed by atoms with E-state index in [4.69, 9.17) is 9.47 Å². The molecule has 0 aromatic heterocycles. The molecule has 1 atom stereocenters. The summed E-state index contributed by atoms with van der Waals surface area (Å²) in [6, 6.07) is 15.8. The standard InChI is InChI=1S/C28H24FNO5/c1-15(2)17-4-6-18(7-5-17)25-24(26(31)19-8-10-21(29)16(3)12-19)27(32)28(33)30(25)20-9-11-22-23(13-20)35-14-34-22/h4-13,15,25,31H,14H2,1-3H3/b26-24+. The van der Waals surface area contributed by atoms with Crippen LogP contribution in [0.1, 0.15) is 48.1 Å². The Balaban J connectivity index is 1.70. The van der Waals surface area contributed by atoms with Crippen LogP contribution in [0.2, 0.25) is 0 Å². The predicted octanol–water partition coefficient (Wildman–Crippen LogP) is 5.61. The van der Waals surface area contributed by atoms with Gasteiger partial charge in [0.05, 0.1) is 11.6 Å². The molecule has 2 aliphatic rings. The lowest BCUT2D eigenvalue weighted by Crippen LogP contribution is -2.29. The van der Waals surface area contributed by atoms with Crippen molar-refractivity contribution >= 4 is 23.1 Å². The highest BCUT2D eigenvalue weighted by Crippen LogP contribution is 2.45. The molecule has 178 valence electrons. The summed E-state index contributed by atoms with van der Waals surface area (Å²) in [5, 5.41) is 11.2. The molecule has 2 heterocycles. The summed E-state index contributed by atoms with van der Waals surface area (Å²) in [7, 11) is 0. The van der Waals surface area contributed by atoms with E-state index in [1.54, 1.807) is 25.1 Å². The summed E-state index contributed by atoms with van der Waals surface area (Å²) in [4.78, 5) is 28.0. The third kappa shape index (κ3) is 3.83. The molecule has 1 N–H and O–H groups in total. The van der Waals surface area contributed by atoms with E-state index in [9.17, 15) is 19.1 Å². The maximum Gasteiger partial charge on any atom is 0.300 e. The number of aliphatic hydroxyl groups is 1. The number of carbonyl (C=O) groups is 2. The zero-order valence-corrected chi connectivity index (χ0v) is 19.5. The highest BCUT2D eigenvalue weighted by atomic mass is 19.1. The monoisotopic (exact) mass is 473 g/mol. The number of hydrogen-bond donors (Lipinski definition) is 1. The lowest BCUT2D eigenvalue weighted by molar-refractivity contribution is -0.132. The Bertz CT molecular complexity index is 1380. The molecule has 3 aromatic rings. The Morgan fingerprint density at radius 3 is 2.40 bits per heavy atom. The topological polar surface area (TPSA) is 76.1 Å². The summed E-state index contributed by atoms with van der Waals surface area (Å²) in [6.45, 7) is 5.79. The van der Waals surface area contributed by atoms with Crippen molar-refractivity contribution in [1.29, 1.82) is 0 Å². The van der Waals surface area contributed by atoms with Crippen molar-refractivity contribution in [2.75, 3.05) is 11.7 Å². The molecular weight excluding hydrogens is 449 g/mol. The number of hydrogen-bond acceptors (Lipinski definition) is 5. The van der Waals surface area contributed by atoms with Gasteiger partial charge < -0.3 is 14.6 Å². The van der Waals surface area contributed by atoms with Crippen LogP contribution < -0.4 is 14.4 Å². The molecule has 1 fully saturated rings. The number of nitrogens with zero attached hydrogens (tertiary/aromatic N) is 1. The van der Waals surface area contributed by atoms with Gasteiger partial charge in [-0.2, -0.15) is 0 Å². The van der Waals surface area contributed by atoms with E-state index < -0.39 is 23.5 Å². The maximum atomic E-state index is 13.9. The van der Waals surface area contributed by atoms with Crippen LogP contribution in [0.5, 0.6) is 11.5 Å². The quantitative estimate of drug-likeness (QED) is 0.303. The second-order valence-electron chi connectivity index (χ2n) is 8.99. The summed E-state index contributed by atoms with van der Waals surface area (Å²) < 4.78 is 24.7. The largest absolute Gasteiger partial charge is 0.507 e. The normalized spacial score (nSPS) is 18.5. The second kappa shape index (κ2) is 8.58. The van der Waals surface area contributed by atoms with Gasteiger partial charge in [-0.3, -0.25) is 14.5 Å². The van der Waals surface area contributed by atoms with Crippen LogP contribution in [0.25, 0.3) is 5.76 Å². The Morgan fingerprint density at radius 1 is 1.00 bits per heavy atom. The molecule has 6 nitrogen and oxygen atoms in total. The van der Waals surface area contributed by atoms with Gasteiger partial charge in [-0.15, -0.1) is 0 Å². The van der Waals surface area contributed by atoms with E-state index in [-0.39, 0.29) is 23.7 Å². The molecule has 0 aliphatic carbocycles. The Morgan fingerprint density at radius 2 is 1.71 bits per heavy atom. The number of anilines is 1. The van der Waals surface area contributed by atoms with E-state index in [2.05, 4.69) is 13.8 Å². The lowest BCUT2D eigenvalue weighted by Gasteiger charge is -2.26. The Hall–Kier alpha value is -4.13. The first kappa shape index (κ1) is 22.7. The van der Waals surface area contributed by atoms with Gasteiger partial charge >= 0.3 is 0 Å². The van der Waals surface area contributed by atoms with Crippen LogP contribution in [0, 0.1) is 12.7 Å². The van der Waals surface area contributed by atoms with E-state index in [1.807, 2.05) is 24.3 Å². The molecule has 0 saturated carbocycles. The molecule has 35 heavy (non-hydrogen) atoms. The van der Waals surface area contributed by atoms with Gasteiger partial charge in [-0.05, 0) is 59.9 Å². The number of carbonyl (C=O) groups excluding carboxylic acids is 2. The van der Waals surface area contributed by atoms with Gasteiger partial charge in [-0.1, -0.05) is 38.1 Å². The molecule has 0 bridgehead atoms. The summed E-state index contributed by atoms with van der Waals surface area (Å²) >= 11 is 0. The summed E-state index contributed by atoms with van der Waals surface area (Å²) in [5.74, 6) is -1.07. The number of ketones is 1. The maximum absolute atomic E-state index is 13.9. The van der Waals surface area contributed by atoms with Gasteiger partial charge in [0.2, 0.25) is 6.79 Å². The average molecular weight is 474 g/mol. The number of aryl methyl sites for hydroxylation is 1. The number of rotatable bonds is 4. The summed E-state index contributed by atoms with van der Waals surface area (Å²) in [5.41, 5.74) is 2.71. The Kier molecular flexibility index (Phi) is 5.55. The van der Waals surface area contributed by atoms with Crippen molar-refractivity contribution in [2.45, 2.75) is 32.7 Å². The minimum Gasteiger partial charge on any atom is -0.507 e. The number of amides is 1. The first-order valence-electron chi connectivity index (χ1n) is 11.3. The van der Waals surface area contributed by atoms with E-state index in [1.165, 1.54) is 23.1 Å². The minimum atomic E-state index is -0.887. The van der Waals surface area contributed by atoms with Crippen LogP contribution in [-0.2, 0) is 9.59 Å². The van der Waals surface area contributed by atoms with Crippen molar-refractivity contribution in [1.82, 2.24) is 0 Å². The molecule has 1 unspecified atom stereocenters. The molecule has 1 saturated heterocycles. The number of fused-ring (bicyclic) bond motifs is 1. The zero-order chi connectivity index (χ0) is 24.9. The van der Waals surface area contributed by atoms with Crippen LogP contribution in [0.4, 0.5) is 10.1 Å². The predicted molar refractivity (Wildman–Crippen MR) is 129 cm³/mol. The zero-order valence-electron chi connectivity index (χ0n) is 19.5. The van der Waals surface area contributed by atoms with Gasteiger partial charge in [-0.25, -0.2) is 4.39 Å². The van der Waals surface area contributed by atoms with Crippen LogP contribution >= 0.6 is 0 Å². The third-order valence-electron chi connectivity index (χ3n) is 6.43. The minimum absolute atomic E-state index is 0.0593. The first-order chi connectivity index (χ1) is 16.8. The van der Waals surface area contributed by atoms with E-state index in [0.717, 1.165) is 5.56 Å². The highest BCUT2D eigenvalue weighted by molar-refractivity contribution is 6.51. The molecule has 2 aliphatic heterocycles. The first-order valence-corrected chi connectivity index (χ1v) is 11.3. The van der Waals surface area contributed by atoms with Gasteiger partial charge in [0.25, 0.3) is 11.7 Å². The number of halogens is 1. The highest BCUT2D eigenvalue weighted by Gasteiger charge is 2.47. The van der Waals surface area contributed by atoms with Crippen molar-refractivity contribution in [2.24, 2.45) is 0 Å². The third-order valence-corrected chi connectivity index (χ3v) is 6.43. The van der Waals surface area contributed by atoms with Gasteiger partial charge in [0.1, 0.15) is 11.6 Å². The molecule has 5 rings (SSSR count). The van der Waals surface area contributed by atoms with Crippen LogP contribution in [0.3, 0.4) is 0 Å². The fourth-order valence-corrected chi connectivity index (χ4v) is 4.46. The second-order valence-corrected chi connectivity index (χ2v) is 8.99. The smallest absolute Gasteiger partial charge is 0.300 e. The van der Waals surface area contributed by atoms with Crippen LogP contribution in [0.15, 0.2) is 66.2 Å². The van der Waals surface area contributed by atoms with Crippen molar-refractivity contribution in [3.63, 3.8) is 0 Å². The van der Waals surface area contributed by atoms with E-state index >= 15 is 0 Å². The van der Waals surface area contributed by atoms with Crippen molar-refractivity contribution in [3.05, 3.63) is 94.3 Å². The Labute approximate surface area is 202 Å². The molecule has 0 spiro atoms. The van der Waals surface area contributed by atoms with Crippen molar-refractivity contribution < 1.29 is 28.6 Å². The van der Waals surface area contributed by atoms with Gasteiger partial charge in [0, 0.05) is 17.3 Å². The fourth-order valence-electron chi connectivity index (χ4n) is 4.46. The molecule has 3 aromatic carbocycles. The van der Waals surface area contributed by atoms with Gasteiger partial charge in [0.15, 0.2) is 11.5 Å². The molecule has 0 radical (unpaired) electrons. The summed E-state index contributed by atoms with van der Waals surface area (Å²) in [6.07, 6.45) is 0. The average Bonchev–Trinajstić information content (AvgIpc) is 3.42. The number of aliphatic hydroxyl groups excluding tert-OH is 1. The van der Waals surface area contributed by atoms with E-state index in [0.29, 0.717) is 34.2 Å². The molecule has 7 heteroatoms. The molecular formula is C28H24FNO5. The number of benzene rings is 3. The molecule has 1 amide bonds. The van der Waals surface area contributed by atoms with Crippen molar-refractivity contribution in [3.8, 4) is 11.5 Å². The fraction of sp³-hybridized carbons (Fsp3) is 0.214. The number of ether oxygens (including phenoxy) is 2.